The lowest BCUT2D eigenvalue weighted by Crippen LogP contribution is -2.37. The third-order valence-electron chi connectivity index (χ3n) is 3.35. The lowest BCUT2D eigenvalue weighted by molar-refractivity contribution is -0.138. The summed E-state index contributed by atoms with van der Waals surface area (Å²) in [6.07, 6.45) is 0.562. The first-order valence-corrected chi connectivity index (χ1v) is 7.29. The third-order valence-corrected chi connectivity index (χ3v) is 3.35. The summed E-state index contributed by atoms with van der Waals surface area (Å²) >= 11 is 0. The molecule has 0 aliphatic carbocycles. The van der Waals surface area contributed by atoms with E-state index in [1.807, 2.05) is 30.3 Å². The van der Waals surface area contributed by atoms with Crippen LogP contribution in [0.2, 0.25) is 0 Å². The first-order chi connectivity index (χ1) is 11.0. The Hall–Kier alpha value is -2.70. The largest absolute Gasteiger partial charge is 0.347 e. The second kappa shape index (κ2) is 7.53. The number of rotatable bonds is 6. The molecule has 1 heterocycles. The number of likely N-dealkylation sites (N-methyl/N-ethyl adjacent to an activating group) is 2. The molecular weight excluding hydrogens is 296 g/mol. The molecule has 0 saturated heterocycles. The van der Waals surface area contributed by atoms with Crippen LogP contribution in [0.15, 0.2) is 34.9 Å². The molecule has 2 amide bonds. The van der Waals surface area contributed by atoms with Gasteiger partial charge in [0.1, 0.15) is 0 Å². The Morgan fingerprint density at radius 2 is 1.78 bits per heavy atom. The van der Waals surface area contributed by atoms with Gasteiger partial charge in [-0.15, -0.1) is 0 Å². The summed E-state index contributed by atoms with van der Waals surface area (Å²) in [5.41, 5.74) is 0.863. The Balaban J connectivity index is 1.88. The fraction of sp³-hybridized carbons (Fsp3) is 0.375. The number of hydrogen-bond acceptors (Lipinski definition) is 5. The number of amides is 2. The molecule has 0 unspecified atom stereocenters. The molecule has 23 heavy (non-hydrogen) atoms. The van der Waals surface area contributed by atoms with Crippen LogP contribution in [0.25, 0.3) is 11.4 Å². The summed E-state index contributed by atoms with van der Waals surface area (Å²) in [5.74, 6) is 0.651. The van der Waals surface area contributed by atoms with Crippen molar-refractivity contribution in [1.29, 1.82) is 0 Å². The van der Waals surface area contributed by atoms with Crippen LogP contribution >= 0.6 is 0 Å². The molecule has 0 aliphatic rings. The summed E-state index contributed by atoms with van der Waals surface area (Å²) in [6, 6.07) is 9.48. The van der Waals surface area contributed by atoms with Crippen LogP contribution in [-0.4, -0.2) is 59.4 Å². The second-order valence-electron chi connectivity index (χ2n) is 5.42. The predicted octanol–water partition coefficient (Wildman–Crippen LogP) is 1.22. The first kappa shape index (κ1) is 16.7. The summed E-state index contributed by atoms with van der Waals surface area (Å²) in [5, 5.41) is 3.91. The fourth-order valence-corrected chi connectivity index (χ4v) is 1.90. The Bertz CT molecular complexity index is 667. The van der Waals surface area contributed by atoms with Crippen molar-refractivity contribution in [3.63, 3.8) is 0 Å². The van der Waals surface area contributed by atoms with Gasteiger partial charge in [0.2, 0.25) is 23.5 Å². The number of aryl methyl sites for hydroxylation is 1. The van der Waals surface area contributed by atoms with E-state index >= 15 is 0 Å². The summed E-state index contributed by atoms with van der Waals surface area (Å²) in [4.78, 5) is 30.7. The highest BCUT2D eigenvalue weighted by Crippen LogP contribution is 2.15. The predicted molar refractivity (Wildman–Crippen MR) is 84.4 cm³/mol. The third kappa shape index (κ3) is 4.64. The van der Waals surface area contributed by atoms with Crippen LogP contribution < -0.4 is 0 Å². The van der Waals surface area contributed by atoms with E-state index in [1.54, 1.807) is 21.1 Å². The topological polar surface area (TPSA) is 79.5 Å². The highest BCUT2D eigenvalue weighted by molar-refractivity contribution is 5.84. The molecule has 0 N–H and O–H groups in total. The molecule has 1 aromatic carbocycles. The molecule has 0 radical (unpaired) electrons. The van der Waals surface area contributed by atoms with E-state index < -0.39 is 0 Å². The molecule has 0 spiro atoms. The molecule has 0 atom stereocenters. The zero-order valence-corrected chi connectivity index (χ0v) is 13.5. The smallest absolute Gasteiger partial charge is 0.241 e. The number of carbonyl (C=O) groups is 2. The van der Waals surface area contributed by atoms with Crippen molar-refractivity contribution < 1.29 is 14.1 Å². The van der Waals surface area contributed by atoms with Gasteiger partial charge in [0.05, 0.1) is 6.54 Å². The van der Waals surface area contributed by atoms with Gasteiger partial charge >= 0.3 is 0 Å². The van der Waals surface area contributed by atoms with Crippen molar-refractivity contribution in [2.24, 2.45) is 0 Å². The average molecular weight is 316 g/mol. The number of nitrogens with zero attached hydrogens (tertiary/aromatic N) is 4. The maximum Gasteiger partial charge on any atom is 0.241 e. The maximum atomic E-state index is 12.0. The minimum absolute atomic E-state index is 0.0604. The minimum Gasteiger partial charge on any atom is -0.347 e. The molecule has 2 aromatic rings. The Morgan fingerprint density at radius 3 is 2.43 bits per heavy atom. The van der Waals surface area contributed by atoms with Crippen LogP contribution in [0.4, 0.5) is 0 Å². The van der Waals surface area contributed by atoms with E-state index in [0.717, 1.165) is 5.56 Å². The molecule has 0 fully saturated rings. The molecule has 0 bridgehead atoms. The second-order valence-corrected chi connectivity index (χ2v) is 5.42. The zero-order valence-electron chi connectivity index (χ0n) is 13.5. The van der Waals surface area contributed by atoms with Gasteiger partial charge in [-0.1, -0.05) is 35.5 Å². The van der Waals surface area contributed by atoms with Gasteiger partial charge in [0, 0.05) is 39.5 Å². The van der Waals surface area contributed by atoms with Gasteiger partial charge < -0.3 is 14.3 Å². The average Bonchev–Trinajstić information content (AvgIpc) is 3.02. The first-order valence-electron chi connectivity index (χ1n) is 7.29. The fourth-order valence-electron chi connectivity index (χ4n) is 1.90. The molecule has 7 heteroatoms. The number of carbonyl (C=O) groups excluding carboxylic acids is 2. The van der Waals surface area contributed by atoms with Gasteiger partial charge in [-0.2, -0.15) is 4.98 Å². The highest BCUT2D eigenvalue weighted by Gasteiger charge is 2.16. The van der Waals surface area contributed by atoms with Crippen molar-refractivity contribution in [3.05, 3.63) is 36.2 Å². The molecule has 2 rings (SSSR count). The van der Waals surface area contributed by atoms with E-state index in [4.69, 9.17) is 4.52 Å². The lowest BCUT2D eigenvalue weighted by atomic mass is 10.2. The summed E-state index contributed by atoms with van der Waals surface area (Å²) in [6.45, 7) is 0.0604. The van der Waals surface area contributed by atoms with Crippen molar-refractivity contribution >= 4 is 11.8 Å². The van der Waals surface area contributed by atoms with Crippen LogP contribution in [0.1, 0.15) is 12.3 Å². The summed E-state index contributed by atoms with van der Waals surface area (Å²) in [7, 11) is 4.92. The van der Waals surface area contributed by atoms with Crippen LogP contribution in [0.5, 0.6) is 0 Å². The summed E-state index contributed by atoms with van der Waals surface area (Å²) < 4.78 is 5.16. The van der Waals surface area contributed by atoms with Crippen molar-refractivity contribution in [2.75, 3.05) is 27.7 Å². The van der Waals surface area contributed by atoms with Gasteiger partial charge in [0.15, 0.2) is 0 Å². The Kier molecular flexibility index (Phi) is 5.46. The molecule has 122 valence electrons. The number of benzene rings is 1. The van der Waals surface area contributed by atoms with Gasteiger partial charge in [-0.05, 0) is 0 Å². The Morgan fingerprint density at radius 1 is 1.09 bits per heavy atom. The van der Waals surface area contributed by atoms with E-state index in [-0.39, 0.29) is 24.8 Å². The molecule has 0 saturated carbocycles. The quantitative estimate of drug-likeness (QED) is 0.800. The molecule has 1 aromatic heterocycles. The van der Waals surface area contributed by atoms with Gasteiger partial charge in [-0.25, -0.2) is 0 Å². The van der Waals surface area contributed by atoms with E-state index in [0.29, 0.717) is 18.1 Å². The van der Waals surface area contributed by atoms with E-state index in [9.17, 15) is 9.59 Å². The lowest BCUT2D eigenvalue weighted by Gasteiger charge is -2.18. The Labute approximate surface area is 134 Å². The normalized spacial score (nSPS) is 10.4. The molecule has 0 aliphatic heterocycles. The van der Waals surface area contributed by atoms with Crippen molar-refractivity contribution in [2.45, 2.75) is 12.8 Å². The molecule has 7 nitrogen and oxygen atoms in total. The van der Waals surface area contributed by atoms with Crippen molar-refractivity contribution in [3.8, 4) is 11.4 Å². The van der Waals surface area contributed by atoms with Crippen LogP contribution in [0.3, 0.4) is 0 Å². The van der Waals surface area contributed by atoms with Crippen LogP contribution in [-0.2, 0) is 16.0 Å². The maximum absolute atomic E-state index is 12.0. The van der Waals surface area contributed by atoms with Gasteiger partial charge in [-0.3, -0.25) is 9.59 Å². The monoisotopic (exact) mass is 316 g/mol. The standard InChI is InChI=1S/C16H20N4O3/c1-19(2)15(22)11-20(3)14(21)10-9-13-17-16(18-23-13)12-7-5-4-6-8-12/h4-8H,9-11H2,1-3H3. The number of hydrogen-bond donors (Lipinski definition) is 0. The highest BCUT2D eigenvalue weighted by atomic mass is 16.5. The molecular formula is C16H20N4O3. The SMILES string of the molecule is CN(C)C(=O)CN(C)C(=O)CCc1nc(-c2ccccc2)no1. The van der Waals surface area contributed by atoms with E-state index in [2.05, 4.69) is 10.1 Å². The van der Waals surface area contributed by atoms with Gasteiger partial charge in [0.25, 0.3) is 0 Å². The van der Waals surface area contributed by atoms with Crippen molar-refractivity contribution in [1.82, 2.24) is 19.9 Å². The minimum atomic E-state index is -0.139. The van der Waals surface area contributed by atoms with E-state index in [1.165, 1.54) is 9.80 Å². The zero-order chi connectivity index (χ0) is 16.8. The number of aromatic nitrogens is 2. The van der Waals surface area contributed by atoms with Crippen LogP contribution in [0, 0.1) is 0 Å².